The summed E-state index contributed by atoms with van der Waals surface area (Å²) in [6, 6.07) is 6.12. The van der Waals surface area contributed by atoms with E-state index in [9.17, 15) is 9.18 Å². The predicted octanol–water partition coefficient (Wildman–Crippen LogP) is 7.54. The van der Waals surface area contributed by atoms with Crippen molar-refractivity contribution in [2.24, 2.45) is 5.10 Å². The number of nitrogens with zero attached hydrogens (tertiary/aromatic N) is 1. The SMILES string of the molecule is CCCCCCCCCCCCCCCCCC(=O)N/N=C/c1cccc(F)c1. The third-order valence-electron chi connectivity index (χ3n) is 5.26. The molecule has 0 spiro atoms. The fourth-order valence-electron chi connectivity index (χ4n) is 3.48. The fraction of sp³-hybridized carbons (Fsp3) is 0.680. The molecule has 164 valence electrons. The molecule has 4 heteroatoms. The lowest BCUT2D eigenvalue weighted by molar-refractivity contribution is -0.121. The van der Waals surface area contributed by atoms with Crippen molar-refractivity contribution in [2.45, 2.75) is 110 Å². The largest absolute Gasteiger partial charge is 0.273 e. The highest BCUT2D eigenvalue weighted by molar-refractivity contribution is 5.82. The summed E-state index contributed by atoms with van der Waals surface area (Å²) < 4.78 is 13.0. The zero-order valence-corrected chi connectivity index (χ0v) is 18.4. The summed E-state index contributed by atoms with van der Waals surface area (Å²) in [5.74, 6) is -0.384. The molecule has 3 nitrogen and oxygen atoms in total. The average Bonchev–Trinajstić information content (AvgIpc) is 2.71. The standard InChI is InChI=1S/C25H41FN2O/c1-2-3-4-5-6-7-8-9-10-11-12-13-14-15-16-20-25(29)28-27-22-23-18-17-19-24(26)21-23/h17-19,21-22H,2-16,20H2,1H3,(H,28,29)/b27-22+. The Morgan fingerprint density at radius 1 is 0.862 bits per heavy atom. The van der Waals surface area contributed by atoms with Crippen LogP contribution in [0.15, 0.2) is 29.4 Å². The molecule has 0 saturated heterocycles. The molecule has 0 unspecified atom stereocenters. The van der Waals surface area contributed by atoms with Crippen LogP contribution in [0.1, 0.15) is 115 Å². The fourth-order valence-corrected chi connectivity index (χ4v) is 3.48. The van der Waals surface area contributed by atoms with Crippen LogP contribution in [0.25, 0.3) is 0 Å². The van der Waals surface area contributed by atoms with Crippen molar-refractivity contribution in [3.05, 3.63) is 35.6 Å². The number of amides is 1. The molecule has 1 rings (SSSR count). The lowest BCUT2D eigenvalue weighted by atomic mass is 10.0. The Morgan fingerprint density at radius 3 is 1.90 bits per heavy atom. The van der Waals surface area contributed by atoms with Crippen LogP contribution in [-0.2, 0) is 4.79 Å². The van der Waals surface area contributed by atoms with Crippen LogP contribution >= 0.6 is 0 Å². The molecule has 1 amide bonds. The Hall–Kier alpha value is -1.71. The van der Waals surface area contributed by atoms with Gasteiger partial charge < -0.3 is 0 Å². The minimum atomic E-state index is -0.307. The first-order chi connectivity index (χ1) is 14.2. The van der Waals surface area contributed by atoms with E-state index in [2.05, 4.69) is 17.5 Å². The Kier molecular flexibility index (Phi) is 16.0. The Balaban J connectivity index is 1.84. The molecule has 0 fully saturated rings. The number of rotatable bonds is 18. The number of halogens is 1. The topological polar surface area (TPSA) is 41.5 Å². The maximum atomic E-state index is 13.0. The van der Waals surface area contributed by atoms with Crippen LogP contribution in [0, 0.1) is 5.82 Å². The van der Waals surface area contributed by atoms with Gasteiger partial charge >= 0.3 is 0 Å². The van der Waals surface area contributed by atoms with Crippen molar-refractivity contribution in [1.82, 2.24) is 5.43 Å². The van der Waals surface area contributed by atoms with Crippen molar-refractivity contribution in [3.8, 4) is 0 Å². The van der Waals surface area contributed by atoms with E-state index in [-0.39, 0.29) is 11.7 Å². The molecule has 29 heavy (non-hydrogen) atoms. The van der Waals surface area contributed by atoms with Crippen molar-refractivity contribution in [3.63, 3.8) is 0 Å². The molecule has 0 bridgehead atoms. The van der Waals surface area contributed by atoms with Gasteiger partial charge in [-0.05, 0) is 24.1 Å². The van der Waals surface area contributed by atoms with E-state index in [1.165, 1.54) is 102 Å². The quantitative estimate of drug-likeness (QED) is 0.153. The minimum Gasteiger partial charge on any atom is -0.273 e. The molecule has 1 N–H and O–H groups in total. The van der Waals surface area contributed by atoms with Gasteiger partial charge in [-0.25, -0.2) is 9.82 Å². The number of unbranched alkanes of at least 4 members (excludes halogenated alkanes) is 14. The summed E-state index contributed by atoms with van der Waals surface area (Å²) in [5, 5.41) is 3.88. The number of nitrogens with one attached hydrogen (secondary N) is 1. The second-order valence-electron chi connectivity index (χ2n) is 8.05. The van der Waals surface area contributed by atoms with Crippen LogP contribution in [0.2, 0.25) is 0 Å². The van der Waals surface area contributed by atoms with Gasteiger partial charge in [0.15, 0.2) is 0 Å². The number of carbonyl (C=O) groups is 1. The second-order valence-corrected chi connectivity index (χ2v) is 8.05. The number of hydrogen-bond donors (Lipinski definition) is 1. The molecule has 1 aromatic carbocycles. The lowest BCUT2D eigenvalue weighted by Crippen LogP contribution is -2.16. The molecule has 0 atom stereocenters. The molecule has 0 aliphatic heterocycles. The Labute approximate surface area is 177 Å². The normalized spacial score (nSPS) is 11.2. The first kappa shape index (κ1) is 25.3. The highest BCUT2D eigenvalue weighted by atomic mass is 19.1. The van der Waals surface area contributed by atoms with Crippen LogP contribution in [0.4, 0.5) is 4.39 Å². The van der Waals surface area contributed by atoms with Gasteiger partial charge in [0.25, 0.3) is 0 Å². The maximum absolute atomic E-state index is 13.0. The minimum absolute atomic E-state index is 0.0765. The van der Waals surface area contributed by atoms with Gasteiger partial charge in [0, 0.05) is 6.42 Å². The van der Waals surface area contributed by atoms with Crippen molar-refractivity contribution in [2.75, 3.05) is 0 Å². The van der Waals surface area contributed by atoms with E-state index in [0.29, 0.717) is 12.0 Å². The Bertz CT molecular complexity index is 560. The van der Waals surface area contributed by atoms with Gasteiger partial charge in [0.2, 0.25) is 5.91 Å². The summed E-state index contributed by atoms with van der Waals surface area (Å²) in [7, 11) is 0. The van der Waals surface area contributed by atoms with E-state index >= 15 is 0 Å². The van der Waals surface area contributed by atoms with Crippen LogP contribution in [0.3, 0.4) is 0 Å². The summed E-state index contributed by atoms with van der Waals surface area (Å²) in [6.07, 6.45) is 21.7. The maximum Gasteiger partial charge on any atom is 0.240 e. The van der Waals surface area contributed by atoms with Gasteiger partial charge in [-0.3, -0.25) is 4.79 Å². The summed E-state index contributed by atoms with van der Waals surface area (Å²) in [6.45, 7) is 2.27. The van der Waals surface area contributed by atoms with Gasteiger partial charge in [-0.15, -0.1) is 0 Å². The monoisotopic (exact) mass is 404 g/mol. The molecular formula is C25H41FN2O. The van der Waals surface area contributed by atoms with E-state index < -0.39 is 0 Å². The Morgan fingerprint density at radius 2 is 1.38 bits per heavy atom. The number of hydrazone groups is 1. The first-order valence-corrected chi connectivity index (χ1v) is 11.8. The van der Waals surface area contributed by atoms with Crippen LogP contribution < -0.4 is 5.43 Å². The van der Waals surface area contributed by atoms with Gasteiger partial charge in [-0.2, -0.15) is 5.10 Å². The van der Waals surface area contributed by atoms with Crippen molar-refractivity contribution < 1.29 is 9.18 Å². The lowest BCUT2D eigenvalue weighted by Gasteiger charge is -2.03. The number of benzene rings is 1. The highest BCUT2D eigenvalue weighted by Crippen LogP contribution is 2.13. The molecule has 0 heterocycles. The number of carbonyl (C=O) groups excluding carboxylic acids is 1. The van der Waals surface area contributed by atoms with Crippen molar-refractivity contribution in [1.29, 1.82) is 0 Å². The van der Waals surface area contributed by atoms with E-state index in [0.717, 1.165) is 12.8 Å². The molecule has 0 aliphatic carbocycles. The summed E-state index contributed by atoms with van der Waals surface area (Å²) >= 11 is 0. The van der Waals surface area contributed by atoms with E-state index in [4.69, 9.17) is 0 Å². The summed E-state index contributed by atoms with van der Waals surface area (Å²) in [5.41, 5.74) is 3.14. The van der Waals surface area contributed by atoms with Gasteiger partial charge in [0.05, 0.1) is 6.21 Å². The summed E-state index contributed by atoms with van der Waals surface area (Å²) in [4.78, 5) is 11.7. The molecule has 0 aliphatic rings. The van der Waals surface area contributed by atoms with Crippen LogP contribution in [0.5, 0.6) is 0 Å². The number of hydrogen-bond acceptors (Lipinski definition) is 2. The third kappa shape index (κ3) is 15.8. The average molecular weight is 405 g/mol. The highest BCUT2D eigenvalue weighted by Gasteiger charge is 2.00. The van der Waals surface area contributed by atoms with E-state index in [1.807, 2.05) is 0 Å². The smallest absolute Gasteiger partial charge is 0.240 e. The molecular weight excluding hydrogens is 363 g/mol. The molecule has 0 radical (unpaired) electrons. The second kappa shape index (κ2) is 18.3. The zero-order chi connectivity index (χ0) is 21.0. The molecule has 1 aromatic rings. The molecule has 0 saturated carbocycles. The van der Waals surface area contributed by atoms with Gasteiger partial charge in [0.1, 0.15) is 5.82 Å². The third-order valence-corrected chi connectivity index (χ3v) is 5.26. The first-order valence-electron chi connectivity index (χ1n) is 11.8. The predicted molar refractivity (Wildman–Crippen MR) is 122 cm³/mol. The van der Waals surface area contributed by atoms with E-state index in [1.54, 1.807) is 12.1 Å². The van der Waals surface area contributed by atoms with Crippen LogP contribution in [-0.4, -0.2) is 12.1 Å². The zero-order valence-electron chi connectivity index (χ0n) is 18.4. The molecule has 0 aromatic heterocycles. The van der Waals surface area contributed by atoms with Gasteiger partial charge in [-0.1, -0.05) is 109 Å². The van der Waals surface area contributed by atoms with Crippen molar-refractivity contribution >= 4 is 12.1 Å².